The SMILES string of the molecule is CCCCCC1CCC(C=CC2CCC(c3ccc(C4C=CC(CCC)CC4)cc3)CC2)CC1. The van der Waals surface area contributed by atoms with Gasteiger partial charge in [-0.3, -0.25) is 0 Å². The van der Waals surface area contributed by atoms with Gasteiger partial charge in [0.2, 0.25) is 0 Å². The van der Waals surface area contributed by atoms with Gasteiger partial charge in [0.05, 0.1) is 0 Å². The summed E-state index contributed by atoms with van der Waals surface area (Å²) in [5.41, 5.74) is 3.13. The fourth-order valence-electron chi connectivity index (χ4n) is 7.09. The minimum Gasteiger partial charge on any atom is -0.0851 e. The lowest BCUT2D eigenvalue weighted by atomic mass is 9.76. The van der Waals surface area contributed by atoms with Crippen LogP contribution in [-0.4, -0.2) is 0 Å². The molecule has 0 spiro atoms. The summed E-state index contributed by atoms with van der Waals surface area (Å²) >= 11 is 0. The van der Waals surface area contributed by atoms with Crippen LogP contribution in [0.1, 0.15) is 140 Å². The molecule has 0 heteroatoms. The van der Waals surface area contributed by atoms with Crippen LogP contribution in [0.2, 0.25) is 0 Å². The predicted molar refractivity (Wildman–Crippen MR) is 149 cm³/mol. The molecular formula is C34H52. The summed E-state index contributed by atoms with van der Waals surface area (Å²) in [6.07, 6.45) is 32.8. The predicted octanol–water partition coefficient (Wildman–Crippen LogP) is 10.8. The number of hydrogen-bond acceptors (Lipinski definition) is 0. The zero-order valence-electron chi connectivity index (χ0n) is 22.4. The first-order valence-electron chi connectivity index (χ1n) is 15.2. The van der Waals surface area contributed by atoms with E-state index < -0.39 is 0 Å². The van der Waals surface area contributed by atoms with Gasteiger partial charge in [0.25, 0.3) is 0 Å². The molecule has 0 heterocycles. The van der Waals surface area contributed by atoms with E-state index in [4.69, 9.17) is 0 Å². The highest BCUT2D eigenvalue weighted by Crippen LogP contribution is 2.39. The van der Waals surface area contributed by atoms with Crippen LogP contribution in [-0.2, 0) is 0 Å². The fourth-order valence-corrected chi connectivity index (χ4v) is 7.09. The second-order valence-corrected chi connectivity index (χ2v) is 12.1. The molecular weight excluding hydrogens is 408 g/mol. The molecule has 1 aromatic carbocycles. The van der Waals surface area contributed by atoms with E-state index in [1.807, 2.05) is 0 Å². The maximum atomic E-state index is 2.63. The molecule has 3 aliphatic rings. The lowest BCUT2D eigenvalue weighted by Crippen LogP contribution is -2.14. The standard InChI is InChI=1S/C34H52/c1-3-5-6-8-28-9-11-29(12-10-28)13-14-30-17-21-32(22-18-30)34-25-23-33(24-26-34)31-19-15-27(7-4-2)16-20-31/h13-15,19,23-32H,3-12,16-18,20-22H2,1-2H3. The minimum absolute atomic E-state index is 0.648. The van der Waals surface area contributed by atoms with E-state index in [-0.39, 0.29) is 0 Å². The molecule has 0 N–H and O–H groups in total. The molecule has 0 nitrogen and oxygen atoms in total. The second kappa shape index (κ2) is 13.7. The van der Waals surface area contributed by atoms with E-state index in [1.54, 1.807) is 5.56 Å². The zero-order valence-corrected chi connectivity index (χ0v) is 22.4. The first kappa shape index (κ1) is 25.8. The van der Waals surface area contributed by atoms with Gasteiger partial charge in [0.15, 0.2) is 0 Å². The Labute approximate surface area is 211 Å². The first-order valence-corrected chi connectivity index (χ1v) is 15.2. The molecule has 0 amide bonds. The van der Waals surface area contributed by atoms with Crippen molar-refractivity contribution in [3.05, 3.63) is 59.7 Å². The van der Waals surface area contributed by atoms with Crippen molar-refractivity contribution in [2.75, 3.05) is 0 Å². The summed E-state index contributed by atoms with van der Waals surface area (Å²) in [4.78, 5) is 0. The van der Waals surface area contributed by atoms with Gasteiger partial charge in [-0.1, -0.05) is 94.5 Å². The van der Waals surface area contributed by atoms with Gasteiger partial charge in [-0.05, 0) is 111 Å². The molecule has 0 aromatic heterocycles. The third-order valence-electron chi connectivity index (χ3n) is 9.49. The van der Waals surface area contributed by atoms with Crippen LogP contribution in [0.3, 0.4) is 0 Å². The van der Waals surface area contributed by atoms with Crippen LogP contribution in [0.4, 0.5) is 0 Å². The molecule has 1 aromatic rings. The molecule has 2 fully saturated rings. The maximum absolute atomic E-state index is 2.63. The average Bonchev–Trinajstić information content (AvgIpc) is 2.89. The van der Waals surface area contributed by atoms with Crippen LogP contribution in [0.5, 0.6) is 0 Å². The summed E-state index contributed by atoms with van der Waals surface area (Å²) in [6.45, 7) is 4.63. The lowest BCUT2D eigenvalue weighted by molar-refractivity contribution is 0.288. The highest BCUT2D eigenvalue weighted by atomic mass is 14.3. The number of unbranched alkanes of at least 4 members (excludes halogenated alkanes) is 2. The van der Waals surface area contributed by atoms with Crippen molar-refractivity contribution >= 4 is 0 Å². The van der Waals surface area contributed by atoms with Gasteiger partial charge in [-0.25, -0.2) is 0 Å². The van der Waals surface area contributed by atoms with Gasteiger partial charge in [0, 0.05) is 5.92 Å². The topological polar surface area (TPSA) is 0 Å². The first-order chi connectivity index (χ1) is 16.7. The summed E-state index contributed by atoms with van der Waals surface area (Å²) < 4.78 is 0. The van der Waals surface area contributed by atoms with Gasteiger partial charge < -0.3 is 0 Å². The smallest absolute Gasteiger partial charge is 0.00182 e. The Morgan fingerprint density at radius 3 is 1.85 bits per heavy atom. The minimum atomic E-state index is 0.648. The van der Waals surface area contributed by atoms with E-state index in [1.165, 1.54) is 108 Å². The van der Waals surface area contributed by atoms with Crippen LogP contribution >= 0.6 is 0 Å². The Hall–Kier alpha value is -1.30. The molecule has 0 saturated heterocycles. The number of allylic oxidation sites excluding steroid dienone is 4. The van der Waals surface area contributed by atoms with E-state index in [2.05, 4.69) is 62.4 Å². The monoisotopic (exact) mass is 460 g/mol. The summed E-state index contributed by atoms with van der Waals surface area (Å²) in [5, 5.41) is 0. The Morgan fingerprint density at radius 1 is 0.618 bits per heavy atom. The summed E-state index contributed by atoms with van der Waals surface area (Å²) in [6, 6.07) is 9.80. The summed E-state index contributed by atoms with van der Waals surface area (Å²) in [5.74, 6) is 5.00. The molecule has 2 unspecified atom stereocenters. The maximum Gasteiger partial charge on any atom is 0.00182 e. The van der Waals surface area contributed by atoms with Crippen molar-refractivity contribution in [1.82, 2.24) is 0 Å². The number of benzene rings is 1. The van der Waals surface area contributed by atoms with Gasteiger partial charge >= 0.3 is 0 Å². The Balaban J connectivity index is 1.17. The quantitative estimate of drug-likeness (QED) is 0.240. The van der Waals surface area contributed by atoms with Crippen molar-refractivity contribution in [2.45, 2.75) is 128 Å². The molecule has 4 rings (SSSR count). The molecule has 0 bridgehead atoms. The van der Waals surface area contributed by atoms with Crippen LogP contribution in [0.25, 0.3) is 0 Å². The van der Waals surface area contributed by atoms with Crippen LogP contribution in [0.15, 0.2) is 48.6 Å². The molecule has 2 saturated carbocycles. The van der Waals surface area contributed by atoms with Crippen molar-refractivity contribution < 1.29 is 0 Å². The number of rotatable bonds is 10. The highest BCUT2D eigenvalue weighted by molar-refractivity contribution is 5.31. The highest BCUT2D eigenvalue weighted by Gasteiger charge is 2.23. The van der Waals surface area contributed by atoms with Gasteiger partial charge in [-0.2, -0.15) is 0 Å². The van der Waals surface area contributed by atoms with E-state index in [0.717, 1.165) is 29.6 Å². The fraction of sp³-hybridized carbons (Fsp3) is 0.706. The molecule has 34 heavy (non-hydrogen) atoms. The zero-order chi connectivity index (χ0) is 23.6. The number of hydrogen-bond donors (Lipinski definition) is 0. The normalized spacial score (nSPS) is 32.3. The Morgan fingerprint density at radius 2 is 1.26 bits per heavy atom. The summed E-state index contributed by atoms with van der Waals surface area (Å²) in [7, 11) is 0. The van der Waals surface area contributed by atoms with Crippen LogP contribution < -0.4 is 0 Å². The molecule has 0 radical (unpaired) electrons. The molecule has 3 aliphatic carbocycles. The Kier molecular flexibility index (Phi) is 10.4. The van der Waals surface area contributed by atoms with Crippen molar-refractivity contribution in [3.8, 4) is 0 Å². The molecule has 188 valence electrons. The molecule has 2 atom stereocenters. The lowest BCUT2D eigenvalue weighted by Gasteiger charge is -2.29. The van der Waals surface area contributed by atoms with Crippen molar-refractivity contribution in [1.29, 1.82) is 0 Å². The van der Waals surface area contributed by atoms with E-state index >= 15 is 0 Å². The Bertz CT molecular complexity index is 737. The van der Waals surface area contributed by atoms with Crippen molar-refractivity contribution in [3.63, 3.8) is 0 Å². The van der Waals surface area contributed by atoms with Gasteiger partial charge in [-0.15, -0.1) is 0 Å². The van der Waals surface area contributed by atoms with Crippen LogP contribution in [0, 0.1) is 23.7 Å². The van der Waals surface area contributed by atoms with Crippen molar-refractivity contribution in [2.24, 2.45) is 23.7 Å². The second-order valence-electron chi connectivity index (χ2n) is 12.1. The average molecular weight is 461 g/mol. The third kappa shape index (κ3) is 7.60. The van der Waals surface area contributed by atoms with Gasteiger partial charge in [0.1, 0.15) is 0 Å². The van der Waals surface area contributed by atoms with E-state index in [0.29, 0.717) is 5.92 Å². The largest absolute Gasteiger partial charge is 0.0851 e. The third-order valence-corrected chi connectivity index (χ3v) is 9.49. The van der Waals surface area contributed by atoms with E-state index in [9.17, 15) is 0 Å². The molecule has 0 aliphatic heterocycles.